The number of carbonyl (C=O) groups is 1. The Labute approximate surface area is 152 Å². The highest BCUT2D eigenvalue weighted by Gasteiger charge is 2.36. The predicted molar refractivity (Wildman–Crippen MR) is 97.3 cm³/mol. The van der Waals surface area contributed by atoms with Crippen LogP contribution in [0.3, 0.4) is 0 Å². The Morgan fingerprint density at radius 1 is 1.42 bits per heavy atom. The van der Waals surface area contributed by atoms with Gasteiger partial charge in [-0.15, -0.1) is 12.4 Å². The van der Waals surface area contributed by atoms with E-state index in [2.05, 4.69) is 10.6 Å². The number of benzene rings is 1. The van der Waals surface area contributed by atoms with Crippen LogP contribution in [0, 0.1) is 5.82 Å². The first kappa shape index (κ1) is 19.5. The fourth-order valence-corrected chi connectivity index (χ4v) is 4.23. The minimum absolute atomic E-state index is 0. The molecule has 1 aromatic carbocycles. The number of nitrogens with one attached hydrogen (secondary N) is 2. The van der Waals surface area contributed by atoms with Gasteiger partial charge in [0.05, 0.1) is 5.54 Å². The lowest BCUT2D eigenvalue weighted by atomic mass is 9.82. The van der Waals surface area contributed by atoms with Gasteiger partial charge in [-0.05, 0) is 30.5 Å². The van der Waals surface area contributed by atoms with Gasteiger partial charge in [-0.1, -0.05) is 12.1 Å². The quantitative estimate of drug-likeness (QED) is 0.850. The van der Waals surface area contributed by atoms with Crippen LogP contribution in [0.25, 0.3) is 0 Å². The highest BCUT2D eigenvalue weighted by molar-refractivity contribution is 7.99. The molecule has 0 spiro atoms. The fourth-order valence-electron chi connectivity index (χ4n) is 3.28. The summed E-state index contributed by atoms with van der Waals surface area (Å²) in [6.07, 6.45) is 1.81. The zero-order chi connectivity index (χ0) is 16.1. The Morgan fingerprint density at radius 2 is 2.21 bits per heavy atom. The summed E-state index contributed by atoms with van der Waals surface area (Å²) >= 11 is 1.88. The van der Waals surface area contributed by atoms with Crippen molar-refractivity contribution in [3.05, 3.63) is 35.6 Å². The monoisotopic (exact) mass is 374 g/mol. The van der Waals surface area contributed by atoms with Gasteiger partial charge in [0, 0.05) is 43.7 Å². The predicted octanol–water partition coefficient (Wildman–Crippen LogP) is 2.46. The zero-order valence-corrected chi connectivity index (χ0v) is 15.2. The molecule has 24 heavy (non-hydrogen) atoms. The van der Waals surface area contributed by atoms with Crippen molar-refractivity contribution >= 4 is 30.1 Å². The molecule has 0 bridgehead atoms. The van der Waals surface area contributed by atoms with E-state index in [9.17, 15) is 9.18 Å². The molecule has 0 saturated carbocycles. The molecule has 4 nitrogen and oxygen atoms in total. The first-order chi connectivity index (χ1) is 11.2. The third kappa shape index (κ3) is 4.85. The number of amides is 1. The van der Waals surface area contributed by atoms with E-state index in [1.165, 1.54) is 12.1 Å². The van der Waals surface area contributed by atoms with E-state index in [1.54, 1.807) is 6.07 Å². The van der Waals surface area contributed by atoms with Gasteiger partial charge in [0.2, 0.25) is 5.91 Å². The van der Waals surface area contributed by atoms with Gasteiger partial charge >= 0.3 is 0 Å². The molecule has 7 heteroatoms. The van der Waals surface area contributed by atoms with Crippen LogP contribution < -0.4 is 10.6 Å². The molecule has 0 aliphatic carbocycles. The average molecular weight is 375 g/mol. The molecule has 2 heterocycles. The maximum atomic E-state index is 13.6. The van der Waals surface area contributed by atoms with E-state index in [0.717, 1.165) is 23.6 Å². The second kappa shape index (κ2) is 9.04. The number of hydrogen-bond donors (Lipinski definition) is 2. The summed E-state index contributed by atoms with van der Waals surface area (Å²) in [4.78, 5) is 12.5. The van der Waals surface area contributed by atoms with Crippen LogP contribution in [0.5, 0.6) is 0 Å². The van der Waals surface area contributed by atoms with Gasteiger partial charge in [-0.25, -0.2) is 4.39 Å². The molecule has 3 rings (SSSR count). The Morgan fingerprint density at radius 3 is 2.88 bits per heavy atom. The van der Waals surface area contributed by atoms with Crippen molar-refractivity contribution in [2.45, 2.75) is 30.8 Å². The molecular weight excluding hydrogens is 351 g/mol. The molecule has 0 aromatic heterocycles. The first-order valence-electron chi connectivity index (χ1n) is 8.14. The summed E-state index contributed by atoms with van der Waals surface area (Å²) < 4.78 is 19.1. The van der Waals surface area contributed by atoms with Gasteiger partial charge in [-0.3, -0.25) is 4.79 Å². The molecule has 2 fully saturated rings. The van der Waals surface area contributed by atoms with Crippen LogP contribution in [0.15, 0.2) is 24.3 Å². The van der Waals surface area contributed by atoms with Crippen LogP contribution in [-0.4, -0.2) is 43.2 Å². The van der Waals surface area contributed by atoms with Crippen LogP contribution in [0.1, 0.15) is 24.8 Å². The van der Waals surface area contributed by atoms with Gasteiger partial charge in [-0.2, -0.15) is 11.8 Å². The van der Waals surface area contributed by atoms with Crippen LogP contribution in [-0.2, 0) is 15.1 Å². The fraction of sp³-hybridized carbons (Fsp3) is 0.588. The molecule has 134 valence electrons. The summed E-state index contributed by atoms with van der Waals surface area (Å²) in [6, 6.07) is 6.77. The van der Waals surface area contributed by atoms with E-state index in [-0.39, 0.29) is 30.2 Å². The topological polar surface area (TPSA) is 50.4 Å². The van der Waals surface area contributed by atoms with Gasteiger partial charge in [0.15, 0.2) is 0 Å². The number of hydrogen-bond acceptors (Lipinski definition) is 4. The second-order valence-electron chi connectivity index (χ2n) is 6.18. The third-order valence-electron chi connectivity index (χ3n) is 4.53. The molecule has 0 radical (unpaired) electrons. The summed E-state index contributed by atoms with van der Waals surface area (Å²) in [5.41, 5.74) is 0.319. The SMILES string of the molecule is Cl.O=C(CC1CSCCN1)NC1(c2cccc(F)c2)CCOCC1. The lowest BCUT2D eigenvalue weighted by Crippen LogP contribution is -2.51. The van der Waals surface area contributed by atoms with Crippen molar-refractivity contribution in [2.75, 3.05) is 31.3 Å². The molecule has 1 amide bonds. The molecule has 2 saturated heterocycles. The number of carbonyl (C=O) groups excluding carboxylic acids is 1. The van der Waals surface area contributed by atoms with E-state index >= 15 is 0 Å². The summed E-state index contributed by atoms with van der Waals surface area (Å²) in [5, 5.41) is 6.57. The van der Waals surface area contributed by atoms with E-state index in [1.807, 2.05) is 17.8 Å². The van der Waals surface area contributed by atoms with Crippen molar-refractivity contribution < 1.29 is 13.9 Å². The maximum absolute atomic E-state index is 13.6. The van der Waals surface area contributed by atoms with Gasteiger partial charge in [0.1, 0.15) is 5.82 Å². The Bertz CT molecular complexity index is 549. The summed E-state index contributed by atoms with van der Waals surface area (Å²) in [7, 11) is 0. The van der Waals surface area contributed by atoms with Gasteiger partial charge < -0.3 is 15.4 Å². The molecule has 1 atom stereocenters. The lowest BCUT2D eigenvalue weighted by molar-refractivity contribution is -0.125. The van der Waals surface area contributed by atoms with Crippen LogP contribution in [0.2, 0.25) is 0 Å². The molecule has 1 unspecified atom stereocenters. The minimum Gasteiger partial charge on any atom is -0.381 e. The van der Waals surface area contributed by atoms with Crippen molar-refractivity contribution in [1.29, 1.82) is 0 Å². The highest BCUT2D eigenvalue weighted by Crippen LogP contribution is 2.32. The minimum atomic E-state index is -0.515. The van der Waals surface area contributed by atoms with Gasteiger partial charge in [0.25, 0.3) is 0 Å². The van der Waals surface area contributed by atoms with E-state index < -0.39 is 5.54 Å². The number of rotatable bonds is 4. The van der Waals surface area contributed by atoms with Crippen molar-refractivity contribution in [3.63, 3.8) is 0 Å². The van der Waals surface area contributed by atoms with Crippen molar-refractivity contribution in [3.8, 4) is 0 Å². The smallest absolute Gasteiger partial charge is 0.222 e. The number of halogens is 2. The molecule has 1 aromatic rings. The number of thioether (sulfide) groups is 1. The van der Waals surface area contributed by atoms with Crippen LogP contribution >= 0.6 is 24.2 Å². The van der Waals surface area contributed by atoms with Crippen molar-refractivity contribution in [2.24, 2.45) is 0 Å². The second-order valence-corrected chi connectivity index (χ2v) is 7.33. The molecular formula is C17H24ClFN2O2S. The van der Waals surface area contributed by atoms with E-state index in [4.69, 9.17) is 4.74 Å². The third-order valence-corrected chi connectivity index (χ3v) is 5.66. The molecule has 2 aliphatic rings. The number of ether oxygens (including phenoxy) is 1. The lowest BCUT2D eigenvalue weighted by Gasteiger charge is -2.39. The zero-order valence-electron chi connectivity index (χ0n) is 13.6. The molecule has 2 aliphatic heterocycles. The summed E-state index contributed by atoms with van der Waals surface area (Å²) in [6.45, 7) is 2.11. The Balaban J connectivity index is 0.00000208. The largest absolute Gasteiger partial charge is 0.381 e. The molecule has 2 N–H and O–H groups in total. The maximum Gasteiger partial charge on any atom is 0.222 e. The first-order valence-corrected chi connectivity index (χ1v) is 9.29. The Hall–Kier alpha value is -0.820. The average Bonchev–Trinajstić information content (AvgIpc) is 2.56. The normalized spacial score (nSPS) is 23.1. The van der Waals surface area contributed by atoms with Crippen LogP contribution in [0.4, 0.5) is 4.39 Å². The van der Waals surface area contributed by atoms with Crippen molar-refractivity contribution in [1.82, 2.24) is 10.6 Å². The highest BCUT2D eigenvalue weighted by atomic mass is 35.5. The Kier molecular flexibility index (Phi) is 7.34. The summed E-state index contributed by atoms with van der Waals surface area (Å²) in [5.74, 6) is 1.82. The standard InChI is InChI=1S/C17H23FN2O2S.ClH/c18-14-3-1-2-13(10-14)17(4-7-22-8-5-17)20-16(21)11-15-12-23-9-6-19-15;/h1-3,10,15,19H,4-9,11-12H2,(H,20,21);1H. The van der Waals surface area contributed by atoms with E-state index in [0.29, 0.717) is 32.5 Å².